The lowest BCUT2D eigenvalue weighted by Gasteiger charge is -2.35. The topological polar surface area (TPSA) is 48.5 Å². The normalized spacial score (nSPS) is 14.6. The van der Waals surface area contributed by atoms with Crippen LogP contribution < -0.4 is 10.2 Å². The Morgan fingerprint density at radius 2 is 1.81 bits per heavy atom. The molecule has 0 saturated carbocycles. The van der Waals surface area contributed by atoms with Crippen molar-refractivity contribution in [1.82, 2.24) is 9.88 Å². The molecule has 0 spiro atoms. The number of rotatable bonds is 5. The Balaban J connectivity index is 1.54. The van der Waals surface area contributed by atoms with Crippen LogP contribution >= 0.6 is 22.9 Å². The fourth-order valence-corrected chi connectivity index (χ4v) is 4.93. The number of aromatic nitrogens is 1. The smallest absolute Gasteiger partial charge is 0.229 e. The summed E-state index contributed by atoms with van der Waals surface area (Å²) in [6.07, 6.45) is 0.281. The highest BCUT2D eigenvalue weighted by atomic mass is 35.5. The van der Waals surface area contributed by atoms with Gasteiger partial charge in [0.1, 0.15) is 0 Å². The highest BCUT2D eigenvalue weighted by Crippen LogP contribution is 2.32. The van der Waals surface area contributed by atoms with Crippen LogP contribution in [0, 0.1) is 13.8 Å². The molecule has 0 unspecified atom stereocenters. The van der Waals surface area contributed by atoms with Gasteiger partial charge in [-0.1, -0.05) is 41.4 Å². The van der Waals surface area contributed by atoms with Gasteiger partial charge >= 0.3 is 0 Å². The van der Waals surface area contributed by atoms with Crippen molar-refractivity contribution >= 4 is 40.2 Å². The molecular weight excluding hydrogens is 428 g/mol. The second kappa shape index (κ2) is 9.39. The van der Waals surface area contributed by atoms with Gasteiger partial charge in [0.15, 0.2) is 0 Å². The number of anilines is 2. The molecule has 1 N–H and O–H groups in total. The number of benzene rings is 2. The van der Waals surface area contributed by atoms with Crippen molar-refractivity contribution in [1.29, 1.82) is 0 Å². The van der Waals surface area contributed by atoms with E-state index >= 15 is 0 Å². The quantitative estimate of drug-likeness (QED) is 0.588. The van der Waals surface area contributed by atoms with E-state index in [2.05, 4.69) is 58.3 Å². The van der Waals surface area contributed by atoms with E-state index in [1.54, 1.807) is 11.3 Å². The second-order valence-corrected chi connectivity index (χ2v) is 9.77. The standard InChI is InChI=1S/C24H27ClN4OS/c1-16-4-6-18(7-5-16)24-22(31-17(2)26-24)15-23(30)27-20-14-19(25)8-9-21(20)29-12-10-28(3)11-13-29/h4-9,14H,10-13,15H2,1-3H3,(H,27,30). The molecule has 0 bridgehead atoms. The molecule has 1 amide bonds. The highest BCUT2D eigenvalue weighted by molar-refractivity contribution is 7.12. The molecule has 31 heavy (non-hydrogen) atoms. The zero-order valence-electron chi connectivity index (χ0n) is 18.1. The summed E-state index contributed by atoms with van der Waals surface area (Å²) in [5, 5.41) is 4.68. The Labute approximate surface area is 192 Å². The number of carbonyl (C=O) groups excluding carboxylic acids is 1. The van der Waals surface area contributed by atoms with Crippen LogP contribution in [-0.4, -0.2) is 49.0 Å². The Hall–Kier alpha value is -2.41. The average molecular weight is 455 g/mol. The van der Waals surface area contributed by atoms with Gasteiger partial charge in [-0.25, -0.2) is 4.98 Å². The van der Waals surface area contributed by atoms with Crippen molar-refractivity contribution in [2.24, 2.45) is 0 Å². The average Bonchev–Trinajstić information content (AvgIpc) is 3.09. The second-order valence-electron chi connectivity index (χ2n) is 8.05. The third-order valence-electron chi connectivity index (χ3n) is 5.53. The molecule has 1 aliphatic rings. The number of hydrogen-bond acceptors (Lipinski definition) is 5. The maximum Gasteiger partial charge on any atom is 0.229 e. The summed E-state index contributed by atoms with van der Waals surface area (Å²) >= 11 is 7.83. The lowest BCUT2D eigenvalue weighted by Crippen LogP contribution is -2.44. The van der Waals surface area contributed by atoms with Crippen molar-refractivity contribution in [2.45, 2.75) is 20.3 Å². The zero-order chi connectivity index (χ0) is 22.0. The van der Waals surface area contributed by atoms with Crippen molar-refractivity contribution in [3.8, 4) is 11.3 Å². The summed E-state index contributed by atoms with van der Waals surface area (Å²) in [6.45, 7) is 7.88. The number of piperazine rings is 1. The van der Waals surface area contributed by atoms with Gasteiger partial charge in [-0.3, -0.25) is 4.79 Å². The predicted octanol–water partition coefficient (Wildman–Crippen LogP) is 5.01. The van der Waals surface area contributed by atoms with Gasteiger partial charge in [0.05, 0.1) is 28.5 Å². The molecule has 4 rings (SSSR count). The fraction of sp³-hybridized carbons (Fsp3) is 0.333. The van der Waals surface area contributed by atoms with Gasteiger partial charge in [-0.05, 0) is 39.1 Å². The maximum absolute atomic E-state index is 13.0. The number of aryl methyl sites for hydroxylation is 2. The molecule has 1 aromatic heterocycles. The summed E-state index contributed by atoms with van der Waals surface area (Å²) in [5.41, 5.74) is 4.92. The Morgan fingerprint density at radius 1 is 1.10 bits per heavy atom. The van der Waals surface area contributed by atoms with Crippen molar-refractivity contribution in [3.63, 3.8) is 0 Å². The number of likely N-dealkylation sites (N-methyl/N-ethyl adjacent to an activating group) is 1. The number of nitrogens with zero attached hydrogens (tertiary/aromatic N) is 3. The Kier molecular flexibility index (Phi) is 6.60. The number of amides is 1. The van der Waals surface area contributed by atoms with Crippen LogP contribution in [0.4, 0.5) is 11.4 Å². The molecule has 1 fully saturated rings. The van der Waals surface area contributed by atoms with Gasteiger partial charge in [-0.2, -0.15) is 0 Å². The minimum Gasteiger partial charge on any atom is -0.367 e. The van der Waals surface area contributed by atoms with E-state index < -0.39 is 0 Å². The molecule has 1 saturated heterocycles. The van der Waals surface area contributed by atoms with E-state index in [0.29, 0.717) is 5.02 Å². The van der Waals surface area contributed by atoms with Crippen LogP contribution in [0.5, 0.6) is 0 Å². The summed E-state index contributed by atoms with van der Waals surface area (Å²) in [6, 6.07) is 14.0. The number of carbonyl (C=O) groups is 1. The summed E-state index contributed by atoms with van der Waals surface area (Å²) in [5.74, 6) is -0.0605. The number of thiazole rings is 1. The molecule has 7 heteroatoms. The maximum atomic E-state index is 13.0. The predicted molar refractivity (Wildman–Crippen MR) is 131 cm³/mol. The third kappa shape index (κ3) is 5.26. The molecule has 0 aliphatic carbocycles. The van der Waals surface area contributed by atoms with Crippen LogP contribution in [0.3, 0.4) is 0 Å². The lowest BCUT2D eigenvalue weighted by atomic mass is 10.1. The van der Waals surface area contributed by atoms with E-state index in [1.807, 2.05) is 25.1 Å². The molecule has 162 valence electrons. The van der Waals surface area contributed by atoms with Crippen LogP contribution in [0.15, 0.2) is 42.5 Å². The van der Waals surface area contributed by atoms with Gasteiger partial charge in [-0.15, -0.1) is 11.3 Å². The summed E-state index contributed by atoms with van der Waals surface area (Å²) in [4.78, 5) is 23.3. The first-order valence-electron chi connectivity index (χ1n) is 10.5. The molecule has 0 radical (unpaired) electrons. The fourth-order valence-electron chi connectivity index (χ4n) is 3.80. The number of nitrogens with one attached hydrogen (secondary N) is 1. The van der Waals surface area contributed by atoms with E-state index in [9.17, 15) is 4.79 Å². The van der Waals surface area contributed by atoms with Crippen LogP contribution in [0.25, 0.3) is 11.3 Å². The first-order chi connectivity index (χ1) is 14.9. The van der Waals surface area contributed by atoms with Crippen LogP contribution in [-0.2, 0) is 11.2 Å². The molecular formula is C24H27ClN4OS. The lowest BCUT2D eigenvalue weighted by molar-refractivity contribution is -0.115. The van der Waals surface area contributed by atoms with E-state index in [0.717, 1.165) is 58.7 Å². The van der Waals surface area contributed by atoms with Gasteiger partial charge in [0, 0.05) is 41.6 Å². The first kappa shape index (κ1) is 21.8. The van der Waals surface area contributed by atoms with E-state index in [4.69, 9.17) is 11.6 Å². The third-order valence-corrected chi connectivity index (χ3v) is 6.73. The van der Waals surface area contributed by atoms with E-state index in [-0.39, 0.29) is 12.3 Å². The Morgan fingerprint density at radius 3 is 2.52 bits per heavy atom. The van der Waals surface area contributed by atoms with Crippen molar-refractivity contribution < 1.29 is 4.79 Å². The molecule has 2 aromatic carbocycles. The van der Waals surface area contributed by atoms with Gasteiger partial charge in [0.25, 0.3) is 0 Å². The summed E-state index contributed by atoms with van der Waals surface area (Å²) < 4.78 is 0. The number of halogens is 1. The van der Waals surface area contributed by atoms with Gasteiger partial charge < -0.3 is 15.1 Å². The molecule has 2 heterocycles. The minimum atomic E-state index is -0.0605. The van der Waals surface area contributed by atoms with Crippen LogP contribution in [0.2, 0.25) is 5.02 Å². The first-order valence-corrected chi connectivity index (χ1v) is 11.6. The van der Waals surface area contributed by atoms with Crippen molar-refractivity contribution in [3.05, 3.63) is 62.9 Å². The van der Waals surface area contributed by atoms with Crippen LogP contribution in [0.1, 0.15) is 15.4 Å². The number of hydrogen-bond donors (Lipinski definition) is 1. The minimum absolute atomic E-state index is 0.0605. The molecule has 5 nitrogen and oxygen atoms in total. The van der Waals surface area contributed by atoms with E-state index in [1.165, 1.54) is 5.56 Å². The molecule has 1 aliphatic heterocycles. The highest BCUT2D eigenvalue weighted by Gasteiger charge is 2.20. The largest absolute Gasteiger partial charge is 0.367 e. The Bertz CT molecular complexity index is 1070. The summed E-state index contributed by atoms with van der Waals surface area (Å²) in [7, 11) is 2.13. The monoisotopic (exact) mass is 454 g/mol. The molecule has 3 aromatic rings. The van der Waals surface area contributed by atoms with Gasteiger partial charge in [0.2, 0.25) is 5.91 Å². The zero-order valence-corrected chi connectivity index (χ0v) is 19.7. The van der Waals surface area contributed by atoms with Crippen molar-refractivity contribution in [2.75, 3.05) is 43.4 Å². The molecule has 0 atom stereocenters. The SMILES string of the molecule is Cc1ccc(-c2nc(C)sc2CC(=O)Nc2cc(Cl)ccc2N2CCN(C)CC2)cc1.